The van der Waals surface area contributed by atoms with Gasteiger partial charge in [-0.25, -0.2) is 0 Å². The Hall–Kier alpha value is -3.93. The first kappa shape index (κ1) is 31.1. The van der Waals surface area contributed by atoms with Gasteiger partial charge in [0.15, 0.2) is 34.7 Å². The van der Waals surface area contributed by atoms with Crippen LogP contribution in [0.2, 0.25) is 0 Å². The number of phenolic OH excluding ortho intramolecular Hbond substituents is 1. The topological polar surface area (TPSA) is 168 Å². The van der Waals surface area contributed by atoms with Gasteiger partial charge in [0.2, 0.25) is 5.91 Å². The molecular weight excluding hydrogens is 578 g/mol. The molecule has 4 aliphatic rings. The Morgan fingerprint density at radius 2 is 1.76 bits per heavy atom. The van der Waals surface area contributed by atoms with Crippen molar-refractivity contribution in [2.45, 2.75) is 50.3 Å². The van der Waals surface area contributed by atoms with Gasteiger partial charge in [0, 0.05) is 23.6 Å². The van der Waals surface area contributed by atoms with Crippen LogP contribution in [0.4, 0.5) is 0 Å². The van der Waals surface area contributed by atoms with Gasteiger partial charge in [-0.1, -0.05) is 25.1 Å². The Bertz CT molecular complexity index is 1630. The van der Waals surface area contributed by atoms with E-state index < -0.39 is 70.3 Å². The summed E-state index contributed by atoms with van der Waals surface area (Å²) in [6.45, 7) is 4.58. The van der Waals surface area contributed by atoms with Crippen LogP contribution in [-0.4, -0.2) is 95.0 Å². The number of likely N-dealkylation sites (N-methyl/N-ethyl adjacent to an activating group) is 1. The van der Waals surface area contributed by atoms with Gasteiger partial charge in [-0.3, -0.25) is 33.8 Å². The van der Waals surface area contributed by atoms with E-state index in [1.807, 2.05) is 25.1 Å². The molecule has 2 aromatic carbocycles. The smallest absolute Gasteiger partial charge is 0.235 e. The number of ketones is 4. The molecule has 6 rings (SSSR count). The van der Waals surface area contributed by atoms with Gasteiger partial charge >= 0.3 is 0 Å². The van der Waals surface area contributed by atoms with Crippen molar-refractivity contribution in [3.63, 3.8) is 0 Å². The summed E-state index contributed by atoms with van der Waals surface area (Å²) >= 11 is 0. The van der Waals surface area contributed by atoms with Crippen LogP contribution in [0, 0.1) is 23.7 Å². The standard InChI is InChI=1S/C34H39N3O8/c1-16-18-8-9-19(21-13-17(7-10-23(21)45-4)15-37-11-5-6-12-37)28(38)24(18)29(39)25-20(16)14-22-27(36(2)3)30(40)26(33(35)43)32(42)34(22,44)31(25)41/h7-10,13,16,20,22,25-27,38,44H,5-6,11-12,14-15H2,1-4H3,(H2,35,43)/t16-,20+,22-,25?,26?,27-,34-/m0/s1. The predicted octanol–water partition coefficient (Wildman–Crippen LogP) is 1.70. The first-order chi connectivity index (χ1) is 21.3. The number of fused-ring (bicyclic) bond motifs is 3. The molecule has 2 saturated carbocycles. The van der Waals surface area contributed by atoms with Gasteiger partial charge in [0.25, 0.3) is 0 Å². The number of aromatic hydroxyl groups is 1. The molecule has 3 fully saturated rings. The van der Waals surface area contributed by atoms with E-state index >= 15 is 0 Å². The zero-order valence-electron chi connectivity index (χ0n) is 25.9. The number of hydrogen-bond donors (Lipinski definition) is 3. The van der Waals surface area contributed by atoms with Gasteiger partial charge < -0.3 is 20.7 Å². The second-order valence-electron chi connectivity index (χ2n) is 13.2. The predicted molar refractivity (Wildman–Crippen MR) is 163 cm³/mol. The maximum Gasteiger partial charge on any atom is 0.235 e. The number of methoxy groups -OCH3 is 1. The lowest BCUT2D eigenvalue weighted by Crippen LogP contribution is -2.74. The average molecular weight is 618 g/mol. The maximum atomic E-state index is 14.3. The largest absolute Gasteiger partial charge is 0.507 e. The highest BCUT2D eigenvalue weighted by Crippen LogP contribution is 2.55. The third kappa shape index (κ3) is 4.54. The van der Waals surface area contributed by atoms with Crippen molar-refractivity contribution in [2.75, 3.05) is 34.3 Å². The van der Waals surface area contributed by atoms with E-state index in [4.69, 9.17) is 10.5 Å². The maximum absolute atomic E-state index is 14.3. The highest BCUT2D eigenvalue weighted by atomic mass is 16.5. The minimum atomic E-state index is -2.77. The second-order valence-corrected chi connectivity index (χ2v) is 13.2. The lowest BCUT2D eigenvalue weighted by molar-refractivity contribution is -0.181. The molecule has 3 aliphatic carbocycles. The number of primary amides is 1. The van der Waals surface area contributed by atoms with Crippen molar-refractivity contribution in [1.29, 1.82) is 0 Å². The number of benzene rings is 2. The number of rotatable bonds is 6. The number of carbonyl (C=O) groups excluding carboxylic acids is 5. The number of amides is 1. The number of aliphatic hydroxyl groups is 1. The lowest BCUT2D eigenvalue weighted by atomic mass is 9.50. The highest BCUT2D eigenvalue weighted by molar-refractivity contribution is 6.32. The Kier molecular flexibility index (Phi) is 7.70. The zero-order chi connectivity index (χ0) is 32.5. The molecule has 1 heterocycles. The number of nitrogens with two attached hydrogens (primary N) is 1. The fourth-order valence-electron chi connectivity index (χ4n) is 8.40. The normalized spacial score (nSPS) is 31.5. The fourth-order valence-corrected chi connectivity index (χ4v) is 8.40. The lowest BCUT2D eigenvalue weighted by Gasteiger charge is -2.53. The van der Waals surface area contributed by atoms with E-state index in [0.717, 1.165) is 38.0 Å². The monoisotopic (exact) mass is 617 g/mol. The Morgan fingerprint density at radius 1 is 1.07 bits per heavy atom. The summed E-state index contributed by atoms with van der Waals surface area (Å²) in [5.41, 5.74) is 5.11. The Morgan fingerprint density at radius 3 is 2.38 bits per heavy atom. The van der Waals surface area contributed by atoms with Crippen molar-refractivity contribution < 1.29 is 38.9 Å². The van der Waals surface area contributed by atoms with Gasteiger partial charge in [0.05, 0.1) is 24.6 Å². The summed E-state index contributed by atoms with van der Waals surface area (Å²) in [6, 6.07) is 8.09. The van der Waals surface area contributed by atoms with E-state index in [1.54, 1.807) is 26.2 Å². The van der Waals surface area contributed by atoms with E-state index in [-0.39, 0.29) is 17.7 Å². The number of ether oxygens (including phenoxy) is 1. The second kappa shape index (κ2) is 11.1. The van der Waals surface area contributed by atoms with Crippen molar-refractivity contribution in [2.24, 2.45) is 29.4 Å². The SMILES string of the molecule is COc1ccc(CN2CCCC2)cc1-c1ccc2c(c1O)C(=O)C1C(=O)[C@]3(O)C(=O)C(C(N)=O)C(=O)[C@@H](N(C)C)[C@@H]3C[C@@H]1[C@H]2C. The van der Waals surface area contributed by atoms with Crippen LogP contribution in [0.15, 0.2) is 30.3 Å². The molecule has 1 saturated heterocycles. The molecule has 2 aromatic rings. The number of hydrogen-bond acceptors (Lipinski definition) is 10. The van der Waals surface area contributed by atoms with Crippen molar-refractivity contribution in [3.8, 4) is 22.6 Å². The van der Waals surface area contributed by atoms with Gasteiger partial charge in [-0.2, -0.15) is 0 Å². The summed E-state index contributed by atoms with van der Waals surface area (Å²) in [4.78, 5) is 71.4. The third-order valence-electron chi connectivity index (χ3n) is 10.6. The molecule has 7 atom stereocenters. The van der Waals surface area contributed by atoms with Crippen molar-refractivity contribution >= 4 is 29.0 Å². The number of carbonyl (C=O) groups is 5. The highest BCUT2D eigenvalue weighted by Gasteiger charge is 2.69. The molecule has 238 valence electrons. The molecule has 0 aromatic heterocycles. The van der Waals surface area contributed by atoms with E-state index in [1.165, 1.54) is 12.0 Å². The van der Waals surface area contributed by atoms with Crippen LogP contribution in [0.1, 0.15) is 53.6 Å². The molecule has 0 radical (unpaired) electrons. The molecule has 2 unspecified atom stereocenters. The Labute approximate surface area is 261 Å². The van der Waals surface area contributed by atoms with Gasteiger partial charge in [-0.05, 0) is 81.5 Å². The molecule has 4 N–H and O–H groups in total. The number of Topliss-reactive ketones (excluding diaryl/α,β-unsaturated/α-hetero) is 4. The van der Waals surface area contributed by atoms with Gasteiger partial charge in [0.1, 0.15) is 11.5 Å². The molecule has 11 nitrogen and oxygen atoms in total. The number of nitrogens with zero attached hydrogens (tertiary/aromatic N) is 2. The first-order valence-corrected chi connectivity index (χ1v) is 15.4. The molecule has 0 bridgehead atoms. The molecule has 45 heavy (non-hydrogen) atoms. The van der Waals surface area contributed by atoms with Crippen LogP contribution in [-0.2, 0) is 25.7 Å². The quantitative estimate of drug-likeness (QED) is 0.406. The summed E-state index contributed by atoms with van der Waals surface area (Å²) in [5.74, 6) is -10.6. The van der Waals surface area contributed by atoms with Crippen molar-refractivity contribution in [1.82, 2.24) is 9.80 Å². The zero-order valence-corrected chi connectivity index (χ0v) is 25.9. The Balaban J connectivity index is 1.44. The molecule has 1 aliphatic heterocycles. The average Bonchev–Trinajstić information content (AvgIpc) is 3.50. The molecule has 11 heteroatoms. The van der Waals surface area contributed by atoms with Crippen LogP contribution in [0.3, 0.4) is 0 Å². The fraction of sp³-hybridized carbons (Fsp3) is 0.500. The van der Waals surface area contributed by atoms with Crippen LogP contribution < -0.4 is 10.5 Å². The van der Waals surface area contributed by atoms with Crippen molar-refractivity contribution in [3.05, 3.63) is 47.0 Å². The summed E-state index contributed by atoms with van der Waals surface area (Å²) in [7, 11) is 4.65. The summed E-state index contributed by atoms with van der Waals surface area (Å²) in [5, 5.41) is 23.6. The molecule has 1 amide bonds. The minimum Gasteiger partial charge on any atom is -0.507 e. The van der Waals surface area contributed by atoms with Crippen LogP contribution >= 0.6 is 0 Å². The molecule has 0 spiro atoms. The summed E-state index contributed by atoms with van der Waals surface area (Å²) < 4.78 is 5.62. The van der Waals surface area contributed by atoms with Crippen LogP contribution in [0.25, 0.3) is 11.1 Å². The summed E-state index contributed by atoms with van der Waals surface area (Å²) in [6.07, 6.45) is 2.29. The van der Waals surface area contributed by atoms with E-state index in [9.17, 15) is 34.2 Å². The number of phenols is 1. The minimum absolute atomic E-state index is 0.0000562. The number of likely N-dealkylation sites (tertiary alicyclic amines) is 1. The molecular formula is C34H39N3O8. The first-order valence-electron chi connectivity index (χ1n) is 15.4. The van der Waals surface area contributed by atoms with Crippen LogP contribution in [0.5, 0.6) is 11.5 Å². The van der Waals surface area contributed by atoms with E-state index in [0.29, 0.717) is 22.4 Å². The third-order valence-corrected chi connectivity index (χ3v) is 10.6. The van der Waals surface area contributed by atoms with Gasteiger partial charge in [-0.15, -0.1) is 0 Å². The van der Waals surface area contributed by atoms with E-state index in [2.05, 4.69) is 4.90 Å².